The number of methoxy groups -OCH3 is 2. The fraction of sp³-hybridized carbons (Fsp3) is 0.179. The SMILES string of the molecule is COc1cc(=O)c2c(O)c(O)c3c4c5c(c(=O)c(=O)c6c(=O)cc(OC)c(c1c24)c65)C(C(C)=O)=C(C)C3. The molecule has 5 aromatic carbocycles. The molecule has 0 unspecified atom stereocenters. The van der Waals surface area contributed by atoms with Gasteiger partial charge in [0.2, 0.25) is 10.9 Å². The summed E-state index contributed by atoms with van der Waals surface area (Å²) >= 11 is 0. The Hall–Kier alpha value is -4.79. The summed E-state index contributed by atoms with van der Waals surface area (Å²) < 4.78 is 11.1. The van der Waals surface area contributed by atoms with Gasteiger partial charge in [-0.3, -0.25) is 24.0 Å². The maximum atomic E-state index is 13.6. The van der Waals surface area contributed by atoms with Gasteiger partial charge in [-0.2, -0.15) is 0 Å². The number of carbonyl (C=O) groups is 1. The summed E-state index contributed by atoms with van der Waals surface area (Å²) in [5.74, 6) is -1.62. The number of allylic oxidation sites excluding steroid dienone is 2. The zero-order chi connectivity index (χ0) is 26.7. The van der Waals surface area contributed by atoms with Crippen LogP contribution in [-0.4, -0.2) is 30.2 Å². The van der Waals surface area contributed by atoms with Crippen LogP contribution in [0.15, 0.2) is 36.9 Å². The quantitative estimate of drug-likeness (QED) is 0.166. The zero-order valence-electron chi connectivity index (χ0n) is 20.1. The van der Waals surface area contributed by atoms with E-state index in [9.17, 15) is 34.2 Å². The number of hydrogen-bond acceptors (Lipinski definition) is 9. The first-order valence-corrected chi connectivity index (χ1v) is 11.3. The molecule has 9 heteroatoms. The Kier molecular flexibility index (Phi) is 4.37. The third-order valence-corrected chi connectivity index (χ3v) is 7.38. The van der Waals surface area contributed by atoms with Gasteiger partial charge in [0.05, 0.1) is 25.0 Å². The fourth-order valence-electron chi connectivity index (χ4n) is 6.02. The van der Waals surface area contributed by atoms with Crippen molar-refractivity contribution < 1.29 is 24.5 Å². The lowest BCUT2D eigenvalue weighted by Gasteiger charge is -2.21. The zero-order valence-corrected chi connectivity index (χ0v) is 20.1. The summed E-state index contributed by atoms with van der Waals surface area (Å²) in [6.07, 6.45) is -0.0717. The molecule has 0 radical (unpaired) electrons. The molecule has 2 N–H and O–H groups in total. The summed E-state index contributed by atoms with van der Waals surface area (Å²) in [5, 5.41) is 22.4. The minimum Gasteiger partial charge on any atom is -0.504 e. The largest absolute Gasteiger partial charge is 0.504 e. The van der Waals surface area contributed by atoms with Gasteiger partial charge in [-0.05, 0) is 25.7 Å². The second-order valence-electron chi connectivity index (χ2n) is 9.25. The number of fused-ring (bicyclic) bond motifs is 1. The number of rotatable bonds is 3. The summed E-state index contributed by atoms with van der Waals surface area (Å²) in [6.45, 7) is 2.84. The number of carbonyl (C=O) groups excluding carboxylic acids is 1. The molecule has 1 aliphatic rings. The molecule has 0 amide bonds. The lowest BCUT2D eigenvalue weighted by atomic mass is 9.83. The van der Waals surface area contributed by atoms with Crippen molar-refractivity contribution in [2.45, 2.75) is 20.3 Å². The van der Waals surface area contributed by atoms with Crippen molar-refractivity contribution in [1.29, 1.82) is 0 Å². The van der Waals surface area contributed by atoms with Crippen LogP contribution in [0.2, 0.25) is 0 Å². The Morgan fingerprint density at radius 3 is 1.81 bits per heavy atom. The van der Waals surface area contributed by atoms with E-state index < -0.39 is 44.4 Å². The maximum Gasteiger partial charge on any atom is 0.238 e. The van der Waals surface area contributed by atoms with E-state index in [1.165, 1.54) is 21.1 Å². The van der Waals surface area contributed by atoms with Gasteiger partial charge in [-0.25, -0.2) is 0 Å². The molecular formula is C28H18O9. The second-order valence-corrected chi connectivity index (χ2v) is 9.25. The highest BCUT2D eigenvalue weighted by Gasteiger charge is 2.34. The number of phenols is 2. The van der Waals surface area contributed by atoms with Gasteiger partial charge in [0, 0.05) is 55.8 Å². The van der Waals surface area contributed by atoms with E-state index in [0.717, 1.165) is 12.1 Å². The Bertz CT molecular complexity index is 2160. The van der Waals surface area contributed by atoms with Crippen LogP contribution in [-0.2, 0) is 11.2 Å². The Morgan fingerprint density at radius 1 is 0.730 bits per heavy atom. The first kappa shape index (κ1) is 22.7. The van der Waals surface area contributed by atoms with Crippen LogP contribution in [0, 0.1) is 0 Å². The molecule has 0 heterocycles. The van der Waals surface area contributed by atoms with Crippen molar-refractivity contribution in [3.8, 4) is 23.0 Å². The van der Waals surface area contributed by atoms with E-state index in [4.69, 9.17) is 9.47 Å². The fourth-order valence-corrected chi connectivity index (χ4v) is 6.02. The molecule has 6 rings (SSSR count). The van der Waals surface area contributed by atoms with Crippen molar-refractivity contribution in [3.05, 3.63) is 69.7 Å². The number of ketones is 1. The smallest absolute Gasteiger partial charge is 0.238 e. The number of aromatic hydroxyl groups is 2. The Labute approximate surface area is 206 Å². The van der Waals surface area contributed by atoms with Crippen molar-refractivity contribution in [2.75, 3.05) is 14.2 Å². The predicted molar refractivity (Wildman–Crippen MR) is 139 cm³/mol. The molecule has 0 aromatic heterocycles. The van der Waals surface area contributed by atoms with Crippen molar-refractivity contribution in [1.82, 2.24) is 0 Å². The minimum absolute atomic E-state index is 0.0165. The lowest BCUT2D eigenvalue weighted by Crippen LogP contribution is -2.32. The van der Waals surface area contributed by atoms with Gasteiger partial charge in [0.15, 0.2) is 28.1 Å². The van der Waals surface area contributed by atoms with Crippen LogP contribution < -0.4 is 31.2 Å². The summed E-state index contributed by atoms with van der Waals surface area (Å²) in [6, 6.07) is 2.21. The Balaban J connectivity index is 2.24. The van der Waals surface area contributed by atoms with E-state index in [1.807, 2.05) is 0 Å². The van der Waals surface area contributed by atoms with Gasteiger partial charge in [0.1, 0.15) is 11.5 Å². The molecule has 9 nitrogen and oxygen atoms in total. The van der Waals surface area contributed by atoms with Crippen molar-refractivity contribution >= 4 is 54.4 Å². The van der Waals surface area contributed by atoms with E-state index in [0.29, 0.717) is 5.57 Å². The molecule has 184 valence electrons. The number of benzene rings is 5. The molecular weight excluding hydrogens is 480 g/mol. The molecule has 0 saturated heterocycles. The highest BCUT2D eigenvalue weighted by molar-refractivity contribution is 6.40. The second kappa shape index (κ2) is 7.13. The van der Waals surface area contributed by atoms with Gasteiger partial charge in [0.25, 0.3) is 0 Å². The highest BCUT2D eigenvalue weighted by Crippen LogP contribution is 2.53. The third kappa shape index (κ3) is 2.50. The first-order valence-electron chi connectivity index (χ1n) is 11.3. The number of ether oxygens (including phenoxy) is 2. The Morgan fingerprint density at radius 2 is 1.27 bits per heavy atom. The number of hydrogen-bond donors (Lipinski definition) is 2. The maximum absolute atomic E-state index is 13.6. The highest BCUT2D eigenvalue weighted by atomic mass is 16.5. The monoisotopic (exact) mass is 498 g/mol. The van der Waals surface area contributed by atoms with Crippen LogP contribution in [0.5, 0.6) is 23.0 Å². The normalized spacial score (nSPS) is 13.4. The summed E-state index contributed by atoms with van der Waals surface area (Å²) in [4.78, 5) is 66.2. The van der Waals surface area contributed by atoms with Crippen LogP contribution in [0.4, 0.5) is 0 Å². The summed E-state index contributed by atoms with van der Waals surface area (Å²) in [7, 11) is 2.66. The molecule has 0 aliphatic heterocycles. The van der Waals surface area contributed by atoms with Crippen LogP contribution >= 0.6 is 0 Å². The molecule has 0 atom stereocenters. The molecule has 0 bridgehead atoms. The number of Topliss-reactive ketones (excluding diaryl/α,β-unsaturated/α-hetero) is 1. The molecule has 1 aliphatic carbocycles. The first-order chi connectivity index (χ1) is 17.5. The van der Waals surface area contributed by atoms with E-state index in [-0.39, 0.29) is 72.3 Å². The number of phenolic OH excluding ortho intramolecular Hbond substituents is 2. The van der Waals surface area contributed by atoms with Gasteiger partial charge in [-0.15, -0.1) is 0 Å². The average molecular weight is 498 g/mol. The average Bonchev–Trinajstić information content (AvgIpc) is 2.99. The van der Waals surface area contributed by atoms with E-state index >= 15 is 0 Å². The van der Waals surface area contributed by atoms with Crippen molar-refractivity contribution in [3.63, 3.8) is 0 Å². The van der Waals surface area contributed by atoms with Gasteiger partial charge in [-0.1, -0.05) is 5.57 Å². The van der Waals surface area contributed by atoms with Gasteiger partial charge >= 0.3 is 0 Å². The van der Waals surface area contributed by atoms with Gasteiger partial charge < -0.3 is 19.7 Å². The minimum atomic E-state index is -1.07. The molecule has 0 saturated carbocycles. The topological polar surface area (TPSA) is 144 Å². The van der Waals surface area contributed by atoms with Crippen molar-refractivity contribution in [2.24, 2.45) is 0 Å². The predicted octanol–water partition coefficient (Wildman–Crippen LogP) is 2.40. The molecule has 0 spiro atoms. The van der Waals surface area contributed by atoms with E-state index in [1.54, 1.807) is 6.92 Å². The molecule has 37 heavy (non-hydrogen) atoms. The third-order valence-electron chi connectivity index (χ3n) is 7.38. The summed E-state index contributed by atoms with van der Waals surface area (Å²) in [5.41, 5.74) is -3.22. The molecule has 0 fully saturated rings. The molecule has 5 aromatic rings. The van der Waals surface area contributed by atoms with Crippen LogP contribution in [0.25, 0.3) is 48.7 Å². The lowest BCUT2D eigenvalue weighted by molar-refractivity contribution is -0.111. The standard InChI is InChI=1S/C28H18O9/c1-8-5-10-16-21-17(26(33)25(10)32)11(30)6-13(36-3)19(21)20-14(37-4)7-12(31)18-23(20)22(16)24(15(8)9(2)29)28(35)27(18)34/h6-7,32-33H,5H2,1-4H3. The van der Waals surface area contributed by atoms with Crippen LogP contribution in [0.1, 0.15) is 25.0 Å². The van der Waals surface area contributed by atoms with Crippen LogP contribution in [0.3, 0.4) is 0 Å². The van der Waals surface area contributed by atoms with E-state index in [2.05, 4.69) is 0 Å².